The van der Waals surface area contributed by atoms with E-state index in [1.807, 2.05) is 33.7 Å². The van der Waals surface area contributed by atoms with Crippen LogP contribution in [-0.2, 0) is 11.3 Å². The molecule has 1 fully saturated rings. The molecule has 0 unspecified atom stereocenters. The van der Waals surface area contributed by atoms with Gasteiger partial charge in [-0.1, -0.05) is 17.7 Å². The average Bonchev–Trinajstić information content (AvgIpc) is 3.32. The highest BCUT2D eigenvalue weighted by atomic mass is 35.5. The Balaban J connectivity index is 1.30. The van der Waals surface area contributed by atoms with Crippen LogP contribution < -0.4 is 5.76 Å². The van der Waals surface area contributed by atoms with Crippen LogP contribution in [0, 0.1) is 0 Å². The Morgan fingerprint density at radius 3 is 3.03 bits per heavy atom. The number of amides is 1. The summed E-state index contributed by atoms with van der Waals surface area (Å²) in [6, 6.07) is 10.8. The van der Waals surface area contributed by atoms with Crippen molar-refractivity contribution in [2.24, 2.45) is 0 Å². The van der Waals surface area contributed by atoms with Crippen molar-refractivity contribution in [3.05, 3.63) is 64.0 Å². The highest BCUT2D eigenvalue weighted by molar-refractivity contribution is 6.31. The van der Waals surface area contributed by atoms with E-state index in [2.05, 4.69) is 10.2 Å². The number of likely N-dealkylation sites (tertiary alicyclic amines) is 1. The highest BCUT2D eigenvalue weighted by Crippen LogP contribution is 2.26. The smallest absolute Gasteiger partial charge is 0.408 e. The molecule has 1 aliphatic heterocycles. The summed E-state index contributed by atoms with van der Waals surface area (Å²) in [5.74, 6) is 0.562. The van der Waals surface area contributed by atoms with Gasteiger partial charge in [-0.05, 0) is 37.1 Å². The SMILES string of the molecule is O=C(CCn1c(=O)oc2cc(Cl)ccc21)N1CCC[C@H](c2nnc3ccccn23)C1. The maximum atomic E-state index is 12.9. The molecule has 0 radical (unpaired) electrons. The molecule has 1 amide bonds. The number of nitrogens with zero attached hydrogens (tertiary/aromatic N) is 5. The zero-order valence-electron chi connectivity index (χ0n) is 16.2. The fourth-order valence-electron chi connectivity index (χ4n) is 4.17. The quantitative estimate of drug-likeness (QED) is 0.501. The number of aromatic nitrogens is 4. The first-order chi connectivity index (χ1) is 14.6. The fraction of sp³-hybridized carbons (Fsp3) is 0.333. The third kappa shape index (κ3) is 3.37. The standard InChI is InChI=1S/C21H20ClN5O3/c22-15-6-7-16-17(12-15)30-21(29)26(16)11-8-19(28)25-9-3-4-14(13-25)20-24-23-18-5-1-2-10-27(18)20/h1-2,5-7,10,12,14H,3-4,8-9,11,13H2/t14-/m0/s1. The van der Waals surface area contributed by atoms with E-state index in [0.717, 1.165) is 24.3 Å². The molecule has 8 nitrogen and oxygen atoms in total. The van der Waals surface area contributed by atoms with Crippen LogP contribution in [0.4, 0.5) is 0 Å². The van der Waals surface area contributed by atoms with Crippen LogP contribution >= 0.6 is 11.6 Å². The summed E-state index contributed by atoms with van der Waals surface area (Å²) >= 11 is 5.96. The van der Waals surface area contributed by atoms with Gasteiger partial charge >= 0.3 is 5.76 Å². The van der Waals surface area contributed by atoms with Crippen LogP contribution in [0.25, 0.3) is 16.7 Å². The van der Waals surface area contributed by atoms with E-state index in [1.165, 1.54) is 4.57 Å². The van der Waals surface area contributed by atoms with Crippen molar-refractivity contribution >= 4 is 34.3 Å². The van der Waals surface area contributed by atoms with Gasteiger partial charge in [0.2, 0.25) is 5.91 Å². The Bertz CT molecular complexity index is 1290. The van der Waals surface area contributed by atoms with E-state index < -0.39 is 5.76 Å². The van der Waals surface area contributed by atoms with E-state index in [4.69, 9.17) is 16.0 Å². The molecular weight excluding hydrogens is 406 g/mol. The first kappa shape index (κ1) is 18.9. The zero-order chi connectivity index (χ0) is 20.7. The molecule has 4 aromatic rings. The zero-order valence-corrected chi connectivity index (χ0v) is 17.0. The van der Waals surface area contributed by atoms with Crippen LogP contribution in [0.5, 0.6) is 0 Å². The van der Waals surface area contributed by atoms with Gasteiger partial charge in [0.05, 0.1) is 5.52 Å². The van der Waals surface area contributed by atoms with Gasteiger partial charge in [0.15, 0.2) is 11.2 Å². The summed E-state index contributed by atoms with van der Waals surface area (Å²) in [6.45, 7) is 1.58. The number of oxazole rings is 1. The lowest BCUT2D eigenvalue weighted by Crippen LogP contribution is -2.40. The van der Waals surface area contributed by atoms with Crippen molar-refractivity contribution in [1.82, 2.24) is 24.1 Å². The maximum absolute atomic E-state index is 12.9. The van der Waals surface area contributed by atoms with Gasteiger partial charge < -0.3 is 9.32 Å². The van der Waals surface area contributed by atoms with Crippen LogP contribution in [0.3, 0.4) is 0 Å². The number of rotatable bonds is 4. The van der Waals surface area contributed by atoms with Crippen molar-refractivity contribution in [2.45, 2.75) is 31.7 Å². The molecule has 0 saturated carbocycles. The van der Waals surface area contributed by atoms with E-state index in [9.17, 15) is 9.59 Å². The van der Waals surface area contributed by atoms with E-state index in [-0.39, 0.29) is 24.8 Å². The van der Waals surface area contributed by atoms with Crippen LogP contribution in [0.15, 0.2) is 51.8 Å². The number of benzene rings is 1. The van der Waals surface area contributed by atoms with Gasteiger partial charge in [0, 0.05) is 49.3 Å². The van der Waals surface area contributed by atoms with Crippen LogP contribution in [-0.4, -0.2) is 43.1 Å². The molecule has 1 aliphatic rings. The largest absolute Gasteiger partial charge is 0.419 e. The van der Waals surface area contributed by atoms with E-state index in [0.29, 0.717) is 29.2 Å². The fourth-order valence-corrected chi connectivity index (χ4v) is 4.33. The lowest BCUT2D eigenvalue weighted by Gasteiger charge is -2.32. The first-order valence-corrected chi connectivity index (χ1v) is 10.3. The lowest BCUT2D eigenvalue weighted by atomic mass is 9.97. The minimum absolute atomic E-state index is 0.0173. The lowest BCUT2D eigenvalue weighted by molar-refractivity contribution is -0.132. The molecule has 4 heterocycles. The van der Waals surface area contributed by atoms with Crippen LogP contribution in [0.2, 0.25) is 5.02 Å². The molecule has 9 heteroatoms. The Labute approximate surface area is 176 Å². The molecule has 0 spiro atoms. The van der Waals surface area contributed by atoms with E-state index in [1.54, 1.807) is 18.2 Å². The molecule has 5 rings (SSSR count). The second kappa shape index (κ2) is 7.60. The average molecular weight is 426 g/mol. The van der Waals surface area contributed by atoms with Crippen molar-refractivity contribution in [2.75, 3.05) is 13.1 Å². The number of piperidine rings is 1. The number of aryl methyl sites for hydroxylation is 1. The molecular formula is C21H20ClN5O3. The van der Waals surface area contributed by atoms with Gasteiger partial charge in [0.1, 0.15) is 5.82 Å². The topological polar surface area (TPSA) is 85.6 Å². The molecule has 3 aromatic heterocycles. The van der Waals surface area contributed by atoms with Gasteiger partial charge in [-0.25, -0.2) is 4.79 Å². The van der Waals surface area contributed by atoms with Crippen molar-refractivity contribution in [3.63, 3.8) is 0 Å². The molecule has 1 aromatic carbocycles. The first-order valence-electron chi connectivity index (χ1n) is 9.96. The number of pyridine rings is 1. The summed E-state index contributed by atoms with van der Waals surface area (Å²) in [7, 11) is 0. The summed E-state index contributed by atoms with van der Waals surface area (Å²) < 4.78 is 8.71. The Kier molecular flexibility index (Phi) is 4.78. The molecule has 0 N–H and O–H groups in total. The normalized spacial score (nSPS) is 17.1. The van der Waals surface area contributed by atoms with Gasteiger partial charge in [-0.2, -0.15) is 0 Å². The molecule has 1 saturated heterocycles. The maximum Gasteiger partial charge on any atom is 0.419 e. The molecule has 0 aliphatic carbocycles. The van der Waals surface area contributed by atoms with Gasteiger partial charge in [0.25, 0.3) is 0 Å². The number of fused-ring (bicyclic) bond motifs is 2. The number of carbonyl (C=O) groups is 1. The summed E-state index contributed by atoms with van der Waals surface area (Å²) in [6.07, 6.45) is 4.05. The molecule has 154 valence electrons. The van der Waals surface area contributed by atoms with E-state index >= 15 is 0 Å². The minimum Gasteiger partial charge on any atom is -0.408 e. The highest BCUT2D eigenvalue weighted by Gasteiger charge is 2.28. The third-order valence-electron chi connectivity index (χ3n) is 5.66. The Morgan fingerprint density at radius 1 is 1.23 bits per heavy atom. The van der Waals surface area contributed by atoms with Crippen molar-refractivity contribution in [1.29, 1.82) is 0 Å². The third-order valence-corrected chi connectivity index (χ3v) is 5.89. The molecule has 30 heavy (non-hydrogen) atoms. The number of hydrogen-bond donors (Lipinski definition) is 0. The van der Waals surface area contributed by atoms with Crippen LogP contribution in [0.1, 0.15) is 31.0 Å². The number of carbonyl (C=O) groups excluding carboxylic acids is 1. The minimum atomic E-state index is -0.480. The summed E-state index contributed by atoms with van der Waals surface area (Å²) in [4.78, 5) is 26.9. The number of halogens is 1. The predicted octanol–water partition coefficient (Wildman–Crippen LogP) is 3.09. The second-order valence-corrected chi connectivity index (χ2v) is 7.98. The van der Waals surface area contributed by atoms with Crippen molar-refractivity contribution in [3.8, 4) is 0 Å². The predicted molar refractivity (Wildman–Crippen MR) is 112 cm³/mol. The molecule has 1 atom stereocenters. The number of hydrogen-bond acceptors (Lipinski definition) is 5. The van der Waals surface area contributed by atoms with Gasteiger partial charge in [-0.15, -0.1) is 10.2 Å². The van der Waals surface area contributed by atoms with Gasteiger partial charge in [-0.3, -0.25) is 13.8 Å². The monoisotopic (exact) mass is 425 g/mol. The van der Waals surface area contributed by atoms with Crippen molar-refractivity contribution < 1.29 is 9.21 Å². The summed E-state index contributed by atoms with van der Waals surface area (Å²) in [5, 5.41) is 9.09. The summed E-state index contributed by atoms with van der Waals surface area (Å²) in [5.41, 5.74) is 1.88. The molecule has 0 bridgehead atoms. The second-order valence-electron chi connectivity index (χ2n) is 7.55. The Hall–Kier alpha value is -3.13. The Morgan fingerprint density at radius 2 is 2.13 bits per heavy atom.